The van der Waals surface area contributed by atoms with Crippen LogP contribution in [0.2, 0.25) is 0 Å². The fourth-order valence-corrected chi connectivity index (χ4v) is 4.44. The fourth-order valence-electron chi connectivity index (χ4n) is 4.44. The first kappa shape index (κ1) is 20.8. The molecule has 0 aliphatic carbocycles. The van der Waals surface area contributed by atoms with Gasteiger partial charge in [-0.25, -0.2) is 0 Å². The smallest absolute Gasteiger partial charge is 0.255 e. The zero-order chi connectivity index (χ0) is 22.9. The van der Waals surface area contributed by atoms with Crippen LogP contribution < -0.4 is 24.1 Å². The lowest BCUT2D eigenvalue weighted by Gasteiger charge is -2.19. The Kier molecular flexibility index (Phi) is 5.34. The topological polar surface area (TPSA) is 60.7 Å². The molecule has 5 rings (SSSR count). The molecule has 1 aliphatic heterocycles. The van der Waals surface area contributed by atoms with Crippen LogP contribution in [-0.2, 0) is 13.0 Å². The molecule has 1 aliphatic rings. The van der Waals surface area contributed by atoms with Crippen LogP contribution in [0.25, 0.3) is 22.0 Å². The summed E-state index contributed by atoms with van der Waals surface area (Å²) in [6, 6.07) is 19.3. The number of carbonyl (C=O) groups excluding carboxylic acids is 1. The van der Waals surface area contributed by atoms with E-state index in [0.29, 0.717) is 22.7 Å². The Morgan fingerprint density at radius 2 is 1.61 bits per heavy atom. The van der Waals surface area contributed by atoms with E-state index in [-0.39, 0.29) is 5.91 Å². The van der Waals surface area contributed by atoms with Crippen molar-refractivity contribution in [2.45, 2.75) is 13.0 Å². The lowest BCUT2D eigenvalue weighted by molar-refractivity contribution is -0.686. The Bertz CT molecular complexity index is 1370. The molecular formula is C27H25N2O4+. The molecule has 0 saturated heterocycles. The Labute approximate surface area is 192 Å². The third-order valence-corrected chi connectivity index (χ3v) is 6.13. The number of amides is 1. The van der Waals surface area contributed by atoms with Gasteiger partial charge in [0.05, 0.1) is 38.0 Å². The second-order valence-electron chi connectivity index (χ2n) is 7.93. The first-order valence-corrected chi connectivity index (χ1v) is 10.8. The maximum Gasteiger partial charge on any atom is 0.255 e. The van der Waals surface area contributed by atoms with E-state index in [1.165, 1.54) is 5.56 Å². The maximum absolute atomic E-state index is 12.9. The van der Waals surface area contributed by atoms with Gasteiger partial charge in [-0.3, -0.25) is 4.79 Å². The first-order chi connectivity index (χ1) is 16.1. The van der Waals surface area contributed by atoms with Crippen LogP contribution in [0.4, 0.5) is 5.69 Å². The average molecular weight is 442 g/mol. The molecule has 166 valence electrons. The number of nitrogens with one attached hydrogen (secondary N) is 1. The Morgan fingerprint density at radius 1 is 0.879 bits per heavy atom. The summed E-state index contributed by atoms with van der Waals surface area (Å²) in [6.45, 7) is 0.817. The number of fused-ring (bicyclic) bond motifs is 4. The van der Waals surface area contributed by atoms with Gasteiger partial charge in [-0.05, 0) is 41.3 Å². The maximum atomic E-state index is 12.9. The van der Waals surface area contributed by atoms with Gasteiger partial charge in [0.15, 0.2) is 24.2 Å². The van der Waals surface area contributed by atoms with Crippen molar-refractivity contribution >= 4 is 22.4 Å². The van der Waals surface area contributed by atoms with Crippen LogP contribution in [0, 0.1) is 0 Å². The lowest BCUT2D eigenvalue weighted by atomic mass is 9.95. The molecule has 4 aromatic rings. The fraction of sp³-hybridized carbons (Fsp3) is 0.185. The molecule has 3 aromatic carbocycles. The van der Waals surface area contributed by atoms with Crippen LogP contribution in [0.5, 0.6) is 17.2 Å². The Morgan fingerprint density at radius 3 is 2.33 bits per heavy atom. The predicted octanol–water partition coefficient (Wildman–Crippen LogP) is 4.63. The highest BCUT2D eigenvalue weighted by Crippen LogP contribution is 2.39. The molecule has 0 spiro atoms. The summed E-state index contributed by atoms with van der Waals surface area (Å²) in [5.41, 5.74) is 4.69. The van der Waals surface area contributed by atoms with Gasteiger partial charge in [-0.1, -0.05) is 24.3 Å². The number of rotatable bonds is 5. The minimum Gasteiger partial charge on any atom is -0.495 e. The van der Waals surface area contributed by atoms with Gasteiger partial charge < -0.3 is 19.5 Å². The van der Waals surface area contributed by atoms with E-state index >= 15 is 0 Å². The van der Waals surface area contributed by atoms with E-state index in [1.807, 2.05) is 36.4 Å². The molecule has 6 heteroatoms. The summed E-state index contributed by atoms with van der Waals surface area (Å²) in [5, 5.41) is 5.00. The van der Waals surface area contributed by atoms with E-state index in [4.69, 9.17) is 14.2 Å². The van der Waals surface area contributed by atoms with Crippen molar-refractivity contribution in [1.29, 1.82) is 0 Å². The Hall–Kier alpha value is -4.06. The van der Waals surface area contributed by atoms with Crippen LogP contribution in [0.1, 0.15) is 15.9 Å². The van der Waals surface area contributed by atoms with Gasteiger partial charge in [-0.15, -0.1) is 0 Å². The molecule has 0 fully saturated rings. The normalized spacial score (nSPS) is 12.0. The second kappa shape index (κ2) is 8.47. The van der Waals surface area contributed by atoms with Gasteiger partial charge in [0.25, 0.3) is 5.91 Å². The number of hydrogen-bond acceptors (Lipinski definition) is 4. The zero-order valence-electron chi connectivity index (χ0n) is 18.8. The van der Waals surface area contributed by atoms with Crippen molar-refractivity contribution in [1.82, 2.24) is 0 Å². The molecule has 1 amide bonds. The molecule has 0 unspecified atom stereocenters. The molecule has 0 saturated carbocycles. The largest absolute Gasteiger partial charge is 0.495 e. The molecule has 0 radical (unpaired) electrons. The number of aromatic nitrogens is 1. The van der Waals surface area contributed by atoms with Crippen LogP contribution in [0.15, 0.2) is 66.9 Å². The first-order valence-electron chi connectivity index (χ1n) is 10.8. The van der Waals surface area contributed by atoms with Crippen molar-refractivity contribution in [3.63, 3.8) is 0 Å². The lowest BCUT2D eigenvalue weighted by Crippen LogP contribution is -2.40. The van der Waals surface area contributed by atoms with Crippen LogP contribution >= 0.6 is 0 Å². The SMILES string of the molecule is COc1cc2c(cc1OC)-c1cc3ccc(OC)c(NC(=O)c4ccccc4)c3c[n+]1CC2. The summed E-state index contributed by atoms with van der Waals surface area (Å²) >= 11 is 0. The van der Waals surface area contributed by atoms with Gasteiger partial charge in [0.2, 0.25) is 5.69 Å². The quantitative estimate of drug-likeness (QED) is 0.459. The predicted molar refractivity (Wildman–Crippen MR) is 127 cm³/mol. The van der Waals surface area contributed by atoms with E-state index in [1.54, 1.807) is 33.5 Å². The van der Waals surface area contributed by atoms with Crippen LogP contribution in [0.3, 0.4) is 0 Å². The van der Waals surface area contributed by atoms with Gasteiger partial charge in [0.1, 0.15) is 5.75 Å². The van der Waals surface area contributed by atoms with Gasteiger partial charge >= 0.3 is 0 Å². The zero-order valence-corrected chi connectivity index (χ0v) is 18.8. The number of aryl methyl sites for hydroxylation is 2. The summed E-state index contributed by atoms with van der Waals surface area (Å²) in [6.07, 6.45) is 2.96. The summed E-state index contributed by atoms with van der Waals surface area (Å²) in [5.74, 6) is 1.89. The monoisotopic (exact) mass is 441 g/mol. The summed E-state index contributed by atoms with van der Waals surface area (Å²) < 4.78 is 18.8. The number of benzene rings is 3. The number of carbonyl (C=O) groups is 1. The number of anilines is 1. The minimum absolute atomic E-state index is 0.175. The van der Waals surface area contributed by atoms with Gasteiger partial charge in [0, 0.05) is 18.1 Å². The Balaban J connectivity index is 1.64. The number of pyridine rings is 1. The molecule has 1 N–H and O–H groups in total. The van der Waals surface area contributed by atoms with E-state index in [9.17, 15) is 4.79 Å². The molecule has 0 bridgehead atoms. The summed E-state index contributed by atoms with van der Waals surface area (Å²) in [7, 11) is 4.91. The number of nitrogens with zero attached hydrogens (tertiary/aromatic N) is 1. The van der Waals surface area contributed by atoms with E-state index in [2.05, 4.69) is 28.2 Å². The second-order valence-corrected chi connectivity index (χ2v) is 7.93. The van der Waals surface area contributed by atoms with Crippen LogP contribution in [-0.4, -0.2) is 27.2 Å². The summed E-state index contributed by atoms with van der Waals surface area (Å²) in [4.78, 5) is 12.9. The molecule has 1 aromatic heterocycles. The molecular weight excluding hydrogens is 416 g/mol. The molecule has 0 atom stereocenters. The van der Waals surface area contributed by atoms with Crippen molar-refractivity contribution in [3.8, 4) is 28.5 Å². The number of hydrogen-bond donors (Lipinski definition) is 1. The van der Waals surface area contributed by atoms with E-state index < -0.39 is 0 Å². The number of methoxy groups -OCH3 is 3. The van der Waals surface area contributed by atoms with Crippen molar-refractivity contribution in [2.75, 3.05) is 26.6 Å². The third-order valence-electron chi connectivity index (χ3n) is 6.13. The highest BCUT2D eigenvalue weighted by atomic mass is 16.5. The molecule has 33 heavy (non-hydrogen) atoms. The van der Waals surface area contributed by atoms with Crippen molar-refractivity contribution in [2.24, 2.45) is 0 Å². The highest BCUT2D eigenvalue weighted by molar-refractivity contribution is 6.10. The number of ether oxygens (including phenoxy) is 3. The van der Waals surface area contributed by atoms with Crippen molar-refractivity contribution < 1.29 is 23.6 Å². The van der Waals surface area contributed by atoms with Gasteiger partial charge in [-0.2, -0.15) is 4.57 Å². The van der Waals surface area contributed by atoms with Crippen molar-refractivity contribution in [3.05, 3.63) is 78.0 Å². The van der Waals surface area contributed by atoms with E-state index in [0.717, 1.165) is 40.7 Å². The molecule has 2 heterocycles. The third kappa shape index (κ3) is 3.63. The standard InChI is InChI=1S/C27H24N2O4/c1-31-23-10-9-18-13-22-20-15-25(33-3)24(32-2)14-19(20)11-12-29(22)16-21(18)26(23)28-27(30)17-7-5-4-6-8-17/h4-10,13-16H,11-12H2,1-3H3/p+1. The highest BCUT2D eigenvalue weighted by Gasteiger charge is 2.27. The average Bonchev–Trinajstić information content (AvgIpc) is 2.87. The molecule has 6 nitrogen and oxygen atoms in total. The minimum atomic E-state index is -0.175.